The SMILES string of the molecule is CS(=O)(=O)c1ccc(-c2cccc(NC(=O)c3cc4cc(Br)ccc4oc3=O)c2)nn1. The monoisotopic (exact) mass is 499 g/mol. The third-order valence-electron chi connectivity index (χ3n) is 4.38. The van der Waals surface area contributed by atoms with E-state index in [1.807, 2.05) is 0 Å². The van der Waals surface area contributed by atoms with Gasteiger partial charge >= 0.3 is 5.63 Å². The van der Waals surface area contributed by atoms with E-state index >= 15 is 0 Å². The van der Waals surface area contributed by atoms with Crippen LogP contribution in [0.5, 0.6) is 0 Å². The van der Waals surface area contributed by atoms with Crippen LogP contribution in [0.15, 0.2) is 79.4 Å². The Kier molecular flexibility index (Phi) is 5.42. The second-order valence-corrected chi connectivity index (χ2v) is 9.57. The number of carbonyl (C=O) groups is 1. The molecular formula is C21H14BrN3O5S. The highest BCUT2D eigenvalue weighted by atomic mass is 79.9. The topological polar surface area (TPSA) is 119 Å². The Morgan fingerprint density at radius 2 is 1.84 bits per heavy atom. The fourth-order valence-electron chi connectivity index (χ4n) is 2.88. The molecule has 0 saturated heterocycles. The molecule has 2 aromatic carbocycles. The molecule has 0 aliphatic heterocycles. The van der Waals surface area contributed by atoms with Crippen LogP contribution in [0.25, 0.3) is 22.2 Å². The first-order chi connectivity index (χ1) is 14.7. The summed E-state index contributed by atoms with van der Waals surface area (Å²) in [6.07, 6.45) is 1.05. The molecule has 0 aliphatic carbocycles. The van der Waals surface area contributed by atoms with E-state index < -0.39 is 21.4 Å². The zero-order valence-electron chi connectivity index (χ0n) is 16.0. The minimum absolute atomic E-state index is 0.129. The number of hydrogen-bond donors (Lipinski definition) is 1. The average molecular weight is 500 g/mol. The highest BCUT2D eigenvalue weighted by molar-refractivity contribution is 9.10. The lowest BCUT2D eigenvalue weighted by Crippen LogP contribution is -2.20. The van der Waals surface area contributed by atoms with E-state index in [4.69, 9.17) is 4.42 Å². The molecule has 1 N–H and O–H groups in total. The molecule has 0 fully saturated rings. The van der Waals surface area contributed by atoms with Crippen molar-refractivity contribution in [2.24, 2.45) is 0 Å². The van der Waals surface area contributed by atoms with Crippen molar-refractivity contribution in [2.75, 3.05) is 11.6 Å². The van der Waals surface area contributed by atoms with Crippen LogP contribution >= 0.6 is 15.9 Å². The Labute approximate surface area is 185 Å². The molecule has 0 aliphatic rings. The smallest absolute Gasteiger partial charge is 0.349 e. The fourth-order valence-corrected chi connectivity index (χ4v) is 3.76. The lowest BCUT2D eigenvalue weighted by Gasteiger charge is -2.08. The lowest BCUT2D eigenvalue weighted by molar-refractivity contribution is 0.102. The molecule has 0 spiro atoms. The Balaban J connectivity index is 1.62. The number of rotatable bonds is 4. The minimum Gasteiger partial charge on any atom is -0.422 e. The molecule has 0 radical (unpaired) electrons. The van der Waals surface area contributed by atoms with Crippen molar-refractivity contribution in [1.29, 1.82) is 0 Å². The highest BCUT2D eigenvalue weighted by Gasteiger charge is 2.15. The number of benzene rings is 2. The Morgan fingerprint density at radius 3 is 2.55 bits per heavy atom. The van der Waals surface area contributed by atoms with Gasteiger partial charge in [-0.2, -0.15) is 0 Å². The number of nitrogens with zero attached hydrogens (tertiary/aromatic N) is 2. The number of hydrogen-bond acceptors (Lipinski definition) is 7. The quantitative estimate of drug-likeness (QED) is 0.425. The van der Waals surface area contributed by atoms with Gasteiger partial charge in [-0.3, -0.25) is 4.79 Å². The minimum atomic E-state index is -3.45. The maximum atomic E-state index is 12.7. The molecule has 8 nitrogen and oxygen atoms in total. The van der Waals surface area contributed by atoms with Crippen LogP contribution in [0.2, 0.25) is 0 Å². The summed E-state index contributed by atoms with van der Waals surface area (Å²) in [5.41, 5.74) is 0.963. The summed E-state index contributed by atoms with van der Waals surface area (Å²) >= 11 is 3.35. The molecule has 4 rings (SSSR count). The zero-order valence-corrected chi connectivity index (χ0v) is 18.4. The van der Waals surface area contributed by atoms with Gasteiger partial charge in [0.15, 0.2) is 14.9 Å². The van der Waals surface area contributed by atoms with Gasteiger partial charge in [0.25, 0.3) is 5.91 Å². The van der Waals surface area contributed by atoms with E-state index in [1.54, 1.807) is 42.5 Å². The first-order valence-electron chi connectivity index (χ1n) is 8.90. The van der Waals surface area contributed by atoms with E-state index in [0.717, 1.165) is 10.7 Å². The van der Waals surface area contributed by atoms with Gasteiger partial charge in [0.05, 0.1) is 5.69 Å². The molecule has 31 heavy (non-hydrogen) atoms. The predicted molar refractivity (Wildman–Crippen MR) is 119 cm³/mol. The van der Waals surface area contributed by atoms with Gasteiger partial charge in [0, 0.05) is 27.4 Å². The Bertz CT molecular complexity index is 1480. The number of amides is 1. The molecule has 156 valence electrons. The molecule has 0 bridgehead atoms. The molecule has 0 unspecified atom stereocenters. The highest BCUT2D eigenvalue weighted by Crippen LogP contribution is 2.23. The summed E-state index contributed by atoms with van der Waals surface area (Å²) in [5, 5.41) is 10.8. The third kappa shape index (κ3) is 4.54. The summed E-state index contributed by atoms with van der Waals surface area (Å²) in [6.45, 7) is 0. The van der Waals surface area contributed by atoms with Gasteiger partial charge in [-0.1, -0.05) is 28.1 Å². The summed E-state index contributed by atoms with van der Waals surface area (Å²) in [7, 11) is -3.45. The van der Waals surface area contributed by atoms with Crippen molar-refractivity contribution >= 4 is 48.3 Å². The van der Waals surface area contributed by atoms with E-state index in [0.29, 0.717) is 27.9 Å². The zero-order chi connectivity index (χ0) is 22.2. The van der Waals surface area contributed by atoms with Crippen molar-refractivity contribution in [3.63, 3.8) is 0 Å². The molecule has 10 heteroatoms. The number of anilines is 1. The fraction of sp³-hybridized carbons (Fsp3) is 0.0476. The Morgan fingerprint density at radius 1 is 1.03 bits per heavy atom. The molecule has 2 aromatic heterocycles. The molecule has 0 saturated carbocycles. The molecule has 1 amide bonds. The predicted octanol–water partition coefficient (Wildman–Crippen LogP) is 3.67. The molecule has 2 heterocycles. The maximum Gasteiger partial charge on any atom is 0.349 e. The second-order valence-electron chi connectivity index (χ2n) is 6.69. The summed E-state index contributed by atoms with van der Waals surface area (Å²) in [4.78, 5) is 24.9. The first kappa shape index (κ1) is 20.9. The van der Waals surface area contributed by atoms with Gasteiger partial charge in [-0.25, -0.2) is 13.2 Å². The van der Waals surface area contributed by atoms with Crippen LogP contribution in [-0.4, -0.2) is 30.8 Å². The standard InChI is InChI=1S/C21H14BrN3O5S/c1-31(28,29)19-8-6-17(24-25-19)12-3-2-4-15(10-12)23-20(26)16-11-13-9-14(22)5-7-18(13)30-21(16)27/h2-11H,1H3,(H,23,26). The third-order valence-corrected chi connectivity index (χ3v) is 5.85. The van der Waals surface area contributed by atoms with Crippen molar-refractivity contribution < 1.29 is 17.6 Å². The van der Waals surface area contributed by atoms with Gasteiger partial charge < -0.3 is 9.73 Å². The number of carbonyl (C=O) groups excluding carboxylic acids is 1. The summed E-state index contributed by atoms with van der Waals surface area (Å²) in [6, 6.07) is 16.2. The molecule has 4 aromatic rings. The normalized spacial score (nSPS) is 11.4. The van der Waals surface area contributed by atoms with Crippen molar-refractivity contribution in [2.45, 2.75) is 5.03 Å². The van der Waals surface area contributed by atoms with E-state index in [9.17, 15) is 18.0 Å². The van der Waals surface area contributed by atoms with Crippen LogP contribution in [0.1, 0.15) is 10.4 Å². The van der Waals surface area contributed by atoms with Crippen LogP contribution in [0, 0.1) is 0 Å². The largest absolute Gasteiger partial charge is 0.422 e. The van der Waals surface area contributed by atoms with Crippen molar-refractivity contribution in [3.8, 4) is 11.3 Å². The summed E-state index contributed by atoms with van der Waals surface area (Å²) in [5.74, 6) is -0.619. The number of sulfone groups is 1. The van der Waals surface area contributed by atoms with E-state index in [1.165, 1.54) is 18.2 Å². The van der Waals surface area contributed by atoms with Crippen LogP contribution < -0.4 is 10.9 Å². The van der Waals surface area contributed by atoms with Gasteiger partial charge in [-0.15, -0.1) is 10.2 Å². The van der Waals surface area contributed by atoms with Crippen LogP contribution in [0.3, 0.4) is 0 Å². The number of halogens is 1. The van der Waals surface area contributed by atoms with Crippen LogP contribution in [0.4, 0.5) is 5.69 Å². The van der Waals surface area contributed by atoms with E-state index in [2.05, 4.69) is 31.4 Å². The lowest BCUT2D eigenvalue weighted by atomic mass is 10.1. The van der Waals surface area contributed by atoms with Gasteiger partial charge in [0.2, 0.25) is 0 Å². The first-order valence-corrected chi connectivity index (χ1v) is 11.6. The summed E-state index contributed by atoms with van der Waals surface area (Å²) < 4.78 is 29.1. The van der Waals surface area contributed by atoms with Crippen molar-refractivity contribution in [1.82, 2.24) is 10.2 Å². The molecular weight excluding hydrogens is 486 g/mol. The average Bonchev–Trinajstić information content (AvgIpc) is 2.73. The van der Waals surface area contributed by atoms with Crippen molar-refractivity contribution in [3.05, 3.63) is 81.1 Å². The van der Waals surface area contributed by atoms with Gasteiger partial charge in [0.1, 0.15) is 11.1 Å². The van der Waals surface area contributed by atoms with E-state index in [-0.39, 0.29) is 10.6 Å². The van der Waals surface area contributed by atoms with Gasteiger partial charge in [-0.05, 0) is 48.5 Å². The number of aromatic nitrogens is 2. The second kappa shape index (κ2) is 8.05. The molecule has 0 atom stereocenters. The number of fused-ring (bicyclic) bond motifs is 1. The maximum absolute atomic E-state index is 12.7. The Hall–Kier alpha value is -3.37. The number of nitrogens with one attached hydrogen (secondary N) is 1. The van der Waals surface area contributed by atoms with Crippen LogP contribution in [-0.2, 0) is 9.84 Å².